The van der Waals surface area contributed by atoms with E-state index in [2.05, 4.69) is 26.9 Å². The number of nitriles is 1. The van der Waals surface area contributed by atoms with E-state index in [-0.39, 0.29) is 5.75 Å². The van der Waals surface area contributed by atoms with Gasteiger partial charge in [-0.3, -0.25) is 5.10 Å². The molecule has 1 heterocycles. The summed E-state index contributed by atoms with van der Waals surface area (Å²) in [6, 6.07) is 16.1. The molecule has 0 saturated heterocycles. The van der Waals surface area contributed by atoms with Gasteiger partial charge in [-0.25, -0.2) is 0 Å². The maximum atomic E-state index is 9.41. The number of aromatic nitrogens is 2. The maximum absolute atomic E-state index is 9.41. The van der Waals surface area contributed by atoms with E-state index in [1.165, 1.54) is 0 Å². The van der Waals surface area contributed by atoms with Crippen LogP contribution in [0, 0.1) is 11.3 Å². The largest absolute Gasteiger partial charge is 0.508 e. The Hall–Kier alpha value is -3.17. The number of hydrogen-bond donors (Lipinski definition) is 4. The van der Waals surface area contributed by atoms with Crippen LogP contribution in [-0.2, 0) is 6.54 Å². The lowest BCUT2D eigenvalue weighted by Crippen LogP contribution is -2.01. The normalized spacial score (nSPS) is 10.2. The first-order valence-corrected chi connectivity index (χ1v) is 7.56. The van der Waals surface area contributed by atoms with Crippen molar-refractivity contribution in [1.29, 1.82) is 5.26 Å². The van der Waals surface area contributed by atoms with Gasteiger partial charge in [0.15, 0.2) is 5.82 Å². The standard InChI is InChI=1S/C17H14ClN5O/c18-12-2-1-3-13(8-12)21-17-15(9-19)16(22-23-17)20-10-11-4-6-14(24)7-5-11/h1-8,24H,10H2,(H3,20,21,22,23). The second-order valence-electron chi connectivity index (χ2n) is 5.09. The molecule has 24 heavy (non-hydrogen) atoms. The molecule has 0 aliphatic carbocycles. The van der Waals surface area contributed by atoms with Crippen LogP contribution in [0.4, 0.5) is 17.3 Å². The molecule has 0 saturated carbocycles. The number of H-pyrrole nitrogens is 1. The van der Waals surface area contributed by atoms with Gasteiger partial charge >= 0.3 is 0 Å². The van der Waals surface area contributed by atoms with Gasteiger partial charge in [-0.05, 0) is 35.9 Å². The Labute approximate surface area is 143 Å². The predicted molar refractivity (Wildman–Crippen MR) is 93.5 cm³/mol. The molecule has 0 amide bonds. The molecular weight excluding hydrogens is 326 g/mol. The first-order chi connectivity index (χ1) is 11.7. The number of nitrogens with one attached hydrogen (secondary N) is 3. The van der Waals surface area contributed by atoms with Crippen LogP contribution in [0.5, 0.6) is 5.75 Å². The molecule has 6 nitrogen and oxygen atoms in total. The summed E-state index contributed by atoms with van der Waals surface area (Å²) in [5.74, 6) is 1.16. The number of phenolic OH excluding ortho intramolecular Hbond substituents is 1. The van der Waals surface area contributed by atoms with Crippen LogP contribution in [0.15, 0.2) is 48.5 Å². The van der Waals surface area contributed by atoms with Crippen LogP contribution in [0.2, 0.25) is 5.02 Å². The fourth-order valence-corrected chi connectivity index (χ4v) is 2.37. The highest BCUT2D eigenvalue weighted by atomic mass is 35.5. The third-order valence-corrected chi connectivity index (χ3v) is 3.60. The number of halogens is 1. The number of aromatic hydroxyl groups is 1. The van der Waals surface area contributed by atoms with Crippen molar-refractivity contribution < 1.29 is 5.11 Å². The lowest BCUT2D eigenvalue weighted by atomic mass is 10.2. The van der Waals surface area contributed by atoms with Gasteiger partial charge in [-0.1, -0.05) is 29.8 Å². The molecule has 1 aromatic heterocycles. The average molecular weight is 340 g/mol. The highest BCUT2D eigenvalue weighted by Gasteiger charge is 2.13. The first kappa shape index (κ1) is 15.7. The van der Waals surface area contributed by atoms with Crippen LogP contribution >= 0.6 is 11.6 Å². The lowest BCUT2D eigenvalue weighted by Gasteiger charge is -2.06. The highest BCUT2D eigenvalue weighted by Crippen LogP contribution is 2.25. The van der Waals surface area contributed by atoms with Gasteiger partial charge in [0, 0.05) is 17.3 Å². The Morgan fingerprint density at radius 1 is 1.21 bits per heavy atom. The summed E-state index contributed by atoms with van der Waals surface area (Å²) in [5, 5.41) is 32.4. The average Bonchev–Trinajstić information content (AvgIpc) is 2.96. The quantitative estimate of drug-likeness (QED) is 0.563. The van der Waals surface area contributed by atoms with E-state index in [0.29, 0.717) is 28.8 Å². The van der Waals surface area contributed by atoms with Crippen LogP contribution < -0.4 is 10.6 Å². The Balaban J connectivity index is 1.74. The summed E-state index contributed by atoms with van der Waals surface area (Å²) in [4.78, 5) is 0. The van der Waals surface area contributed by atoms with E-state index < -0.39 is 0 Å². The minimum Gasteiger partial charge on any atom is -0.508 e. The van der Waals surface area contributed by atoms with Crippen LogP contribution in [0.3, 0.4) is 0 Å². The van der Waals surface area contributed by atoms with Crippen LogP contribution in [-0.4, -0.2) is 15.3 Å². The molecule has 7 heteroatoms. The second kappa shape index (κ2) is 6.94. The summed E-state index contributed by atoms with van der Waals surface area (Å²) in [6.07, 6.45) is 0. The van der Waals surface area contributed by atoms with E-state index in [9.17, 15) is 10.4 Å². The monoisotopic (exact) mass is 339 g/mol. The number of hydrogen-bond acceptors (Lipinski definition) is 5. The molecule has 0 unspecified atom stereocenters. The molecule has 0 bridgehead atoms. The molecule has 120 valence electrons. The third-order valence-electron chi connectivity index (χ3n) is 3.37. The van der Waals surface area contributed by atoms with Gasteiger partial charge < -0.3 is 15.7 Å². The van der Waals surface area contributed by atoms with E-state index in [1.807, 2.05) is 12.1 Å². The summed E-state index contributed by atoms with van der Waals surface area (Å²) in [5.41, 5.74) is 2.10. The molecular formula is C17H14ClN5O. The maximum Gasteiger partial charge on any atom is 0.168 e. The molecule has 0 fully saturated rings. The number of rotatable bonds is 5. The SMILES string of the molecule is N#Cc1c(NCc2ccc(O)cc2)n[nH]c1Nc1cccc(Cl)c1. The third kappa shape index (κ3) is 3.59. The van der Waals surface area contributed by atoms with Crippen molar-refractivity contribution in [3.63, 3.8) is 0 Å². The Kier molecular flexibility index (Phi) is 4.54. The number of phenols is 1. The lowest BCUT2D eigenvalue weighted by molar-refractivity contribution is 0.475. The molecule has 2 aromatic carbocycles. The zero-order valence-corrected chi connectivity index (χ0v) is 13.3. The smallest absolute Gasteiger partial charge is 0.168 e. The van der Waals surface area contributed by atoms with Crippen molar-refractivity contribution in [3.8, 4) is 11.8 Å². The number of anilines is 3. The molecule has 3 rings (SSSR count). The number of aromatic amines is 1. The predicted octanol–water partition coefficient (Wildman–Crippen LogP) is 4.00. The molecule has 0 aliphatic rings. The van der Waals surface area contributed by atoms with Gasteiger partial charge in [0.05, 0.1) is 0 Å². The summed E-state index contributed by atoms with van der Waals surface area (Å²) < 4.78 is 0. The number of nitrogens with zero attached hydrogens (tertiary/aromatic N) is 2. The van der Waals surface area contributed by atoms with E-state index in [4.69, 9.17) is 11.6 Å². The number of benzene rings is 2. The van der Waals surface area contributed by atoms with E-state index >= 15 is 0 Å². The van der Waals surface area contributed by atoms with Gasteiger partial charge in [0.25, 0.3) is 0 Å². The van der Waals surface area contributed by atoms with Gasteiger partial charge in [0.1, 0.15) is 23.2 Å². The molecule has 0 spiro atoms. The van der Waals surface area contributed by atoms with Crippen LogP contribution in [0.25, 0.3) is 0 Å². The summed E-state index contributed by atoms with van der Waals surface area (Å²) in [7, 11) is 0. The minimum absolute atomic E-state index is 0.212. The van der Waals surface area contributed by atoms with Gasteiger partial charge in [-0.2, -0.15) is 10.4 Å². The van der Waals surface area contributed by atoms with Crippen molar-refractivity contribution in [2.24, 2.45) is 0 Å². The first-order valence-electron chi connectivity index (χ1n) is 7.18. The van der Waals surface area contributed by atoms with Crippen molar-refractivity contribution in [2.45, 2.75) is 6.54 Å². The van der Waals surface area contributed by atoms with Crippen LogP contribution in [0.1, 0.15) is 11.1 Å². The van der Waals surface area contributed by atoms with Crippen molar-refractivity contribution in [2.75, 3.05) is 10.6 Å². The Bertz CT molecular complexity index is 883. The molecule has 0 aliphatic heterocycles. The molecule has 0 radical (unpaired) electrons. The fourth-order valence-electron chi connectivity index (χ4n) is 2.18. The van der Waals surface area contributed by atoms with Crippen molar-refractivity contribution >= 4 is 28.9 Å². The minimum atomic E-state index is 0.212. The Morgan fingerprint density at radius 3 is 2.71 bits per heavy atom. The highest BCUT2D eigenvalue weighted by molar-refractivity contribution is 6.30. The topological polar surface area (TPSA) is 96.8 Å². The molecule has 0 atom stereocenters. The van der Waals surface area contributed by atoms with Crippen molar-refractivity contribution in [1.82, 2.24) is 10.2 Å². The Morgan fingerprint density at radius 2 is 2.00 bits per heavy atom. The molecule has 4 N–H and O–H groups in total. The summed E-state index contributed by atoms with van der Waals surface area (Å²) in [6.45, 7) is 0.483. The fraction of sp³-hybridized carbons (Fsp3) is 0.0588. The van der Waals surface area contributed by atoms with E-state index in [0.717, 1.165) is 11.3 Å². The molecule has 3 aromatic rings. The van der Waals surface area contributed by atoms with Gasteiger partial charge in [0.2, 0.25) is 0 Å². The summed E-state index contributed by atoms with van der Waals surface area (Å²) >= 11 is 5.96. The van der Waals surface area contributed by atoms with Crippen molar-refractivity contribution in [3.05, 3.63) is 64.7 Å². The second-order valence-corrected chi connectivity index (χ2v) is 5.53. The van der Waals surface area contributed by atoms with E-state index in [1.54, 1.807) is 36.4 Å². The zero-order valence-electron chi connectivity index (χ0n) is 12.5. The van der Waals surface area contributed by atoms with Gasteiger partial charge in [-0.15, -0.1) is 0 Å². The zero-order chi connectivity index (χ0) is 16.9.